The highest BCUT2D eigenvalue weighted by molar-refractivity contribution is 6.99. The molecule has 4 aromatic rings. The molecule has 1 heterocycles. The first-order valence-corrected chi connectivity index (χ1v) is 24.9. The third-order valence-corrected chi connectivity index (χ3v) is 17.5. The number of carbonyl (C=O) groups excluding carboxylic acids is 1. The van der Waals surface area contributed by atoms with Crippen molar-refractivity contribution < 1.29 is 32.9 Å². The van der Waals surface area contributed by atoms with Crippen molar-refractivity contribution in [3.8, 4) is 17.2 Å². The van der Waals surface area contributed by atoms with Gasteiger partial charge in [0.05, 0.1) is 26.9 Å². The third kappa shape index (κ3) is 13.0. The van der Waals surface area contributed by atoms with Gasteiger partial charge in [0.2, 0.25) is 5.79 Å². The smallest absolute Gasteiger partial charge is 0.337 e. The number of carbonyl (C=O) groups is 1. The Labute approximate surface area is 389 Å². The number of hydrogen-bond donors (Lipinski definition) is 1. The Hall–Kier alpha value is -5.61. The van der Waals surface area contributed by atoms with Gasteiger partial charge < -0.3 is 33.4 Å². The lowest BCUT2D eigenvalue weighted by Gasteiger charge is -2.43. The topological polar surface area (TPSA) is 84.5 Å². The van der Waals surface area contributed by atoms with Gasteiger partial charge in [0.1, 0.15) is 29.1 Å². The summed E-state index contributed by atoms with van der Waals surface area (Å²) >= 11 is 0. The minimum Gasteiger partial charge on any atom is -0.497 e. The zero-order chi connectivity index (χ0) is 46.5. The molecule has 6 rings (SSSR count). The molecule has 0 radical (unpaired) electrons. The summed E-state index contributed by atoms with van der Waals surface area (Å²) in [6.07, 6.45) is 19.1. The Morgan fingerprint density at radius 3 is 2.15 bits per heavy atom. The highest BCUT2D eigenvalue weighted by Crippen LogP contribution is 2.40. The molecular formula is C56H69NO7Si. The lowest BCUT2D eigenvalue weighted by atomic mass is 9.72. The maximum Gasteiger partial charge on any atom is 0.337 e. The van der Waals surface area contributed by atoms with Crippen molar-refractivity contribution in [3.05, 3.63) is 175 Å². The summed E-state index contributed by atoms with van der Waals surface area (Å²) in [4.78, 5) is 12.4. The molecule has 1 aliphatic heterocycles. The van der Waals surface area contributed by atoms with Crippen LogP contribution in [0.4, 0.5) is 0 Å². The zero-order valence-electron chi connectivity index (χ0n) is 39.6. The Balaban J connectivity index is 1.30. The van der Waals surface area contributed by atoms with Crippen molar-refractivity contribution >= 4 is 24.7 Å². The van der Waals surface area contributed by atoms with Gasteiger partial charge >= 0.3 is 5.97 Å². The number of nitrogens with one attached hydrogen (secondary N) is 1. The fourth-order valence-corrected chi connectivity index (χ4v) is 13.9. The molecule has 1 saturated carbocycles. The van der Waals surface area contributed by atoms with Crippen molar-refractivity contribution in [3.63, 3.8) is 0 Å². The third-order valence-electron chi connectivity index (χ3n) is 12.4. The standard InChI is InChI=1S/C56H69NO7Si/c1-10-11-12-15-20-43-35-41(2)25-33-51(43)52(34-32-48-38-54(58)64-56(6,7)63-48)62-46-29-26-42(27-30-46)36-45(57-39-44-28-31-47(59-8)37-53(44)60-9)40-61-65(55(3,4)5,49-21-16-13-17-22-49)50-23-18-14-19-24-50/h10-24,26-32,34,37-38,41,43,45,51-52,57H,1,25,33,35-36,39-40H2,2-9H3/b12-11+,20-15+,34-32+/t41-,43-,45+,51-,52-/m1/s1. The predicted octanol–water partition coefficient (Wildman–Crippen LogP) is 10.8. The van der Waals surface area contributed by atoms with Crippen LogP contribution < -0.4 is 29.9 Å². The van der Waals surface area contributed by atoms with Gasteiger partial charge in [-0.05, 0) is 82.4 Å². The minimum absolute atomic E-state index is 0.0578. The van der Waals surface area contributed by atoms with Crippen molar-refractivity contribution in [2.24, 2.45) is 17.8 Å². The molecule has 0 saturated heterocycles. The van der Waals surface area contributed by atoms with Gasteiger partial charge in [-0.25, -0.2) is 4.79 Å². The lowest BCUT2D eigenvalue weighted by Crippen LogP contribution is -2.67. The molecule has 8 nitrogen and oxygen atoms in total. The van der Waals surface area contributed by atoms with E-state index in [0.717, 1.165) is 47.6 Å². The van der Waals surface area contributed by atoms with Crippen LogP contribution in [0.3, 0.4) is 0 Å². The molecule has 1 fully saturated rings. The van der Waals surface area contributed by atoms with Gasteiger partial charge in [-0.15, -0.1) is 0 Å². The molecule has 2 aliphatic rings. The second-order valence-electron chi connectivity index (χ2n) is 18.7. The van der Waals surface area contributed by atoms with Crippen LogP contribution in [0.1, 0.15) is 71.9 Å². The quantitative estimate of drug-likeness (QED) is 0.0534. The summed E-state index contributed by atoms with van der Waals surface area (Å²) in [5.74, 6) is 2.33. The van der Waals surface area contributed by atoms with Crippen LogP contribution in [-0.2, 0) is 31.7 Å². The van der Waals surface area contributed by atoms with Crippen molar-refractivity contribution in [2.45, 2.75) is 96.7 Å². The van der Waals surface area contributed by atoms with E-state index in [-0.39, 0.29) is 29.0 Å². The van der Waals surface area contributed by atoms with E-state index in [1.165, 1.54) is 16.4 Å². The van der Waals surface area contributed by atoms with Crippen molar-refractivity contribution in [1.29, 1.82) is 0 Å². The van der Waals surface area contributed by atoms with E-state index in [1.54, 1.807) is 34.1 Å². The first-order valence-electron chi connectivity index (χ1n) is 23.0. The van der Waals surface area contributed by atoms with Gasteiger partial charge in [-0.3, -0.25) is 0 Å². The first kappa shape index (κ1) is 48.8. The van der Waals surface area contributed by atoms with Crippen LogP contribution in [0.5, 0.6) is 17.2 Å². The second kappa shape index (κ2) is 22.5. The van der Waals surface area contributed by atoms with Crippen molar-refractivity contribution in [2.75, 3.05) is 20.8 Å². The van der Waals surface area contributed by atoms with E-state index in [0.29, 0.717) is 31.2 Å². The normalized spacial score (nSPS) is 19.9. The fourth-order valence-electron chi connectivity index (χ4n) is 9.27. The minimum atomic E-state index is -2.83. The fraction of sp³-hybridized carbons (Fsp3) is 0.375. The number of esters is 1. The summed E-state index contributed by atoms with van der Waals surface area (Å²) in [5.41, 5.74) is 2.18. The second-order valence-corrected chi connectivity index (χ2v) is 23.0. The molecule has 5 atom stereocenters. The van der Waals surface area contributed by atoms with Gasteiger partial charge in [-0.1, -0.05) is 150 Å². The molecule has 4 aromatic carbocycles. The Morgan fingerprint density at radius 1 is 0.862 bits per heavy atom. The summed E-state index contributed by atoms with van der Waals surface area (Å²) < 4.78 is 37.1. The highest BCUT2D eigenvalue weighted by atomic mass is 28.4. The average Bonchev–Trinajstić information content (AvgIpc) is 3.28. The number of cyclic esters (lactones) is 1. The summed E-state index contributed by atoms with van der Waals surface area (Å²) in [6.45, 7) is 17.6. The molecule has 0 amide bonds. The highest BCUT2D eigenvalue weighted by Gasteiger charge is 2.50. The molecular weight excluding hydrogens is 827 g/mol. The first-order chi connectivity index (χ1) is 31.2. The van der Waals surface area contributed by atoms with Crippen LogP contribution in [0.2, 0.25) is 5.04 Å². The molecule has 0 spiro atoms. The Morgan fingerprint density at radius 2 is 1.54 bits per heavy atom. The molecule has 0 unspecified atom stereocenters. The van der Waals surface area contributed by atoms with E-state index in [2.05, 4.69) is 143 Å². The van der Waals surface area contributed by atoms with E-state index in [9.17, 15) is 4.79 Å². The summed E-state index contributed by atoms with van der Waals surface area (Å²) in [7, 11) is 0.529. The maximum atomic E-state index is 12.4. The molecule has 65 heavy (non-hydrogen) atoms. The van der Waals surface area contributed by atoms with Crippen molar-refractivity contribution in [1.82, 2.24) is 5.32 Å². The number of allylic oxidation sites excluding steroid dienone is 6. The van der Waals surface area contributed by atoms with Crippen LogP contribution in [0.15, 0.2) is 164 Å². The van der Waals surface area contributed by atoms with E-state index < -0.39 is 20.1 Å². The lowest BCUT2D eigenvalue weighted by molar-refractivity contribution is -0.203. The van der Waals surface area contributed by atoms with Crippen LogP contribution in [0, 0.1) is 17.8 Å². The molecule has 0 bridgehead atoms. The summed E-state index contributed by atoms with van der Waals surface area (Å²) in [6, 6.07) is 35.9. The predicted molar refractivity (Wildman–Crippen MR) is 265 cm³/mol. The van der Waals surface area contributed by atoms with Gasteiger partial charge in [0.25, 0.3) is 8.32 Å². The number of methoxy groups -OCH3 is 2. The monoisotopic (exact) mass is 895 g/mol. The van der Waals surface area contributed by atoms with Gasteiger partial charge in [-0.2, -0.15) is 0 Å². The molecule has 9 heteroatoms. The van der Waals surface area contributed by atoms with E-state index in [4.69, 9.17) is 28.1 Å². The average molecular weight is 896 g/mol. The summed E-state index contributed by atoms with van der Waals surface area (Å²) in [5, 5.41) is 6.19. The zero-order valence-corrected chi connectivity index (χ0v) is 40.6. The van der Waals surface area contributed by atoms with Crippen LogP contribution >= 0.6 is 0 Å². The maximum absolute atomic E-state index is 12.4. The number of rotatable bonds is 20. The largest absolute Gasteiger partial charge is 0.497 e. The number of hydrogen-bond acceptors (Lipinski definition) is 8. The van der Waals surface area contributed by atoms with Gasteiger partial charge in [0, 0.05) is 44.0 Å². The van der Waals surface area contributed by atoms with Crippen LogP contribution in [0.25, 0.3) is 0 Å². The Bertz CT molecular complexity index is 2240. The van der Waals surface area contributed by atoms with E-state index in [1.807, 2.05) is 36.4 Å². The van der Waals surface area contributed by atoms with E-state index >= 15 is 0 Å². The van der Waals surface area contributed by atoms with Gasteiger partial charge in [0.15, 0.2) is 0 Å². The molecule has 0 aromatic heterocycles. The van der Waals surface area contributed by atoms with Crippen LogP contribution in [-0.4, -0.2) is 53.0 Å². The molecule has 344 valence electrons. The Kier molecular flexibility index (Phi) is 16.9. The SMILES string of the molecule is C=C/C=C/C=C/[C@@H]1C[C@H](C)CC[C@H]1[C@@H](/C=C/C1=CC(=O)OC(C)(C)O1)Oc1ccc(C[C@@H](CO[Si](c2ccccc2)(c2ccccc2)C(C)(C)C)NCc2ccc(OC)cc2OC)cc1. The number of ether oxygens (including phenoxy) is 5. The molecule has 1 N–H and O–H groups in total. The molecule has 1 aliphatic carbocycles. The number of benzene rings is 4.